The molecule has 3 rings (SSSR count). The highest BCUT2D eigenvalue weighted by atomic mass is 16.1. The first-order valence-corrected chi connectivity index (χ1v) is 11.8. The van der Waals surface area contributed by atoms with Gasteiger partial charge in [-0.1, -0.05) is 25.0 Å². The quantitative estimate of drug-likeness (QED) is 0.297. The summed E-state index contributed by atoms with van der Waals surface area (Å²) in [5, 5.41) is 0. The number of aromatic nitrogens is 1. The van der Waals surface area contributed by atoms with Crippen molar-refractivity contribution in [2.45, 2.75) is 78.6 Å². The zero-order valence-corrected chi connectivity index (χ0v) is 19.5. The molecule has 0 aromatic carbocycles. The molecule has 5 heteroatoms. The highest BCUT2D eigenvalue weighted by Crippen LogP contribution is 2.30. The Morgan fingerprint density at radius 3 is 2.66 bits per heavy atom. The number of hydrogen-bond acceptors (Lipinski definition) is 5. The monoisotopic (exact) mass is 436 g/mol. The molecule has 0 radical (unpaired) electrons. The average molecular weight is 437 g/mol. The Morgan fingerprint density at radius 1 is 1.16 bits per heavy atom. The van der Waals surface area contributed by atoms with Gasteiger partial charge in [-0.2, -0.15) is 0 Å². The number of rotatable bonds is 12. The summed E-state index contributed by atoms with van der Waals surface area (Å²) in [4.78, 5) is 46.0. The van der Waals surface area contributed by atoms with E-state index in [0.29, 0.717) is 30.5 Å². The Balaban J connectivity index is 0.00000385. The number of nitrogens with zero attached hydrogens (tertiary/aromatic N) is 2. The number of pyridine rings is 1. The molecule has 0 N–H and O–H groups in total. The van der Waals surface area contributed by atoms with Crippen LogP contribution in [-0.2, 0) is 9.59 Å². The summed E-state index contributed by atoms with van der Waals surface area (Å²) >= 11 is 0. The molecule has 1 aromatic rings. The highest BCUT2D eigenvalue weighted by Gasteiger charge is 2.30. The van der Waals surface area contributed by atoms with Crippen molar-refractivity contribution in [1.29, 1.82) is 0 Å². The average Bonchev–Trinajstić information content (AvgIpc) is 3.14. The zero-order chi connectivity index (χ0) is 23.1. The summed E-state index contributed by atoms with van der Waals surface area (Å²) in [5.41, 5.74) is 4.47. The van der Waals surface area contributed by atoms with Crippen LogP contribution >= 0.6 is 0 Å². The summed E-state index contributed by atoms with van der Waals surface area (Å²) in [6, 6.07) is 3.72. The first kappa shape index (κ1) is 24.0. The fraction of sp³-hybridized carbons (Fsp3) is 0.519. The molecule has 0 saturated heterocycles. The van der Waals surface area contributed by atoms with E-state index in [-0.39, 0.29) is 30.6 Å². The molecule has 2 heterocycles. The van der Waals surface area contributed by atoms with Crippen LogP contribution in [0.1, 0.15) is 89.1 Å². The fourth-order valence-electron chi connectivity index (χ4n) is 4.55. The van der Waals surface area contributed by atoms with Crippen LogP contribution in [0.25, 0.3) is 0 Å². The minimum absolute atomic E-state index is 0. The summed E-state index contributed by atoms with van der Waals surface area (Å²) < 4.78 is 0. The molecule has 0 spiro atoms. The van der Waals surface area contributed by atoms with Gasteiger partial charge in [-0.15, -0.1) is 0 Å². The fourth-order valence-corrected chi connectivity index (χ4v) is 4.55. The van der Waals surface area contributed by atoms with Gasteiger partial charge in [-0.3, -0.25) is 24.4 Å². The molecule has 2 aliphatic rings. The van der Waals surface area contributed by atoms with Crippen molar-refractivity contribution in [3.05, 3.63) is 53.0 Å². The standard InChI is InChI=1S/C27H34N2O3.H2/c1-4-7-21(27(32)22-13-12-19(3)28-17-22)9-6-11-23(30)10-5-8-20-14-24-18(2)16-29-26(24)25(31)15-20;/h12-14,16-17,21,24H,4-11,15H2,1-3H3;1H. The molecule has 1 aromatic heterocycles. The Morgan fingerprint density at radius 2 is 1.94 bits per heavy atom. The lowest BCUT2D eigenvalue weighted by molar-refractivity contribution is -0.119. The van der Waals surface area contributed by atoms with E-state index in [2.05, 4.69) is 23.0 Å². The summed E-state index contributed by atoms with van der Waals surface area (Å²) in [6.45, 7) is 5.99. The van der Waals surface area contributed by atoms with Crippen molar-refractivity contribution in [1.82, 2.24) is 4.98 Å². The molecule has 32 heavy (non-hydrogen) atoms. The number of aliphatic imine (C=N–C) groups is 1. The lowest BCUT2D eigenvalue weighted by Gasteiger charge is -2.19. The second-order valence-corrected chi connectivity index (χ2v) is 9.11. The maximum absolute atomic E-state index is 12.8. The normalized spacial score (nSPS) is 18.5. The minimum Gasteiger partial charge on any atom is -0.300 e. The van der Waals surface area contributed by atoms with Crippen molar-refractivity contribution < 1.29 is 15.8 Å². The predicted octanol–water partition coefficient (Wildman–Crippen LogP) is 6.02. The Labute approximate surface area is 192 Å². The number of fused-ring (bicyclic) bond motifs is 1. The molecule has 0 fully saturated rings. The van der Waals surface area contributed by atoms with Gasteiger partial charge >= 0.3 is 0 Å². The molecular weight excluding hydrogens is 400 g/mol. The highest BCUT2D eigenvalue weighted by molar-refractivity contribution is 6.43. The van der Waals surface area contributed by atoms with Gasteiger partial charge in [0.15, 0.2) is 11.6 Å². The SMILES string of the molecule is CCCC(CCCC(=O)CCCC1=CC2C(C)=CN=C2C(=O)C1)C(=O)c1ccc(C)nc1.[HH]. The van der Waals surface area contributed by atoms with Gasteiger partial charge in [0.05, 0.1) is 5.71 Å². The largest absolute Gasteiger partial charge is 0.300 e. The zero-order valence-electron chi connectivity index (χ0n) is 19.5. The number of carbonyl (C=O) groups is 3. The molecule has 2 atom stereocenters. The summed E-state index contributed by atoms with van der Waals surface area (Å²) in [7, 11) is 0. The summed E-state index contributed by atoms with van der Waals surface area (Å²) in [6.07, 6.45) is 11.9. The third kappa shape index (κ3) is 6.18. The van der Waals surface area contributed by atoms with E-state index >= 15 is 0 Å². The third-order valence-electron chi connectivity index (χ3n) is 6.43. The number of carbonyl (C=O) groups excluding carboxylic acids is 3. The topological polar surface area (TPSA) is 76.5 Å². The van der Waals surface area contributed by atoms with Gasteiger partial charge in [-0.25, -0.2) is 0 Å². The van der Waals surface area contributed by atoms with E-state index in [4.69, 9.17) is 0 Å². The second kappa shape index (κ2) is 11.3. The van der Waals surface area contributed by atoms with Crippen LogP contribution in [0, 0.1) is 18.8 Å². The smallest absolute Gasteiger partial charge is 0.181 e. The van der Waals surface area contributed by atoms with E-state index in [1.807, 2.05) is 26.0 Å². The van der Waals surface area contributed by atoms with Crippen molar-refractivity contribution in [3.8, 4) is 0 Å². The maximum atomic E-state index is 12.8. The molecule has 2 unspecified atom stereocenters. The van der Waals surface area contributed by atoms with Gasteiger partial charge < -0.3 is 0 Å². The first-order valence-electron chi connectivity index (χ1n) is 11.8. The predicted molar refractivity (Wildman–Crippen MR) is 129 cm³/mol. The minimum atomic E-state index is -0.0470. The molecular formula is C27H36N2O3. The second-order valence-electron chi connectivity index (χ2n) is 9.11. The third-order valence-corrected chi connectivity index (χ3v) is 6.43. The number of aryl methyl sites for hydroxylation is 1. The van der Waals surface area contributed by atoms with Gasteiger partial charge in [-0.05, 0) is 63.7 Å². The van der Waals surface area contributed by atoms with E-state index in [0.717, 1.165) is 55.4 Å². The van der Waals surface area contributed by atoms with Gasteiger partial charge in [0.1, 0.15) is 5.78 Å². The molecule has 1 aliphatic carbocycles. The van der Waals surface area contributed by atoms with Crippen molar-refractivity contribution in [2.24, 2.45) is 16.8 Å². The van der Waals surface area contributed by atoms with E-state index < -0.39 is 0 Å². The lowest BCUT2D eigenvalue weighted by Crippen LogP contribution is -2.26. The Bertz CT molecular complexity index is 960. The molecule has 5 nitrogen and oxygen atoms in total. The molecule has 0 bridgehead atoms. The van der Waals surface area contributed by atoms with Crippen molar-refractivity contribution >= 4 is 23.1 Å². The van der Waals surface area contributed by atoms with E-state index in [1.165, 1.54) is 0 Å². The molecule has 172 valence electrons. The van der Waals surface area contributed by atoms with Crippen molar-refractivity contribution in [2.75, 3.05) is 0 Å². The van der Waals surface area contributed by atoms with Crippen LogP contribution in [0.3, 0.4) is 0 Å². The van der Waals surface area contributed by atoms with Crippen LogP contribution in [0.2, 0.25) is 0 Å². The van der Waals surface area contributed by atoms with Gasteiger partial charge in [0.2, 0.25) is 0 Å². The Kier molecular flexibility index (Phi) is 8.43. The van der Waals surface area contributed by atoms with Crippen LogP contribution in [0.4, 0.5) is 0 Å². The first-order chi connectivity index (χ1) is 15.4. The van der Waals surface area contributed by atoms with Crippen LogP contribution in [0.5, 0.6) is 0 Å². The lowest BCUT2D eigenvalue weighted by atomic mass is 9.83. The number of Topliss-reactive ketones (excluding diaryl/α,β-unsaturated/α-hetero) is 3. The maximum Gasteiger partial charge on any atom is 0.181 e. The van der Waals surface area contributed by atoms with Crippen molar-refractivity contribution in [3.63, 3.8) is 0 Å². The van der Waals surface area contributed by atoms with Crippen LogP contribution < -0.4 is 0 Å². The van der Waals surface area contributed by atoms with Gasteiger partial charge in [0, 0.05) is 56.2 Å². The van der Waals surface area contributed by atoms with Gasteiger partial charge in [0.25, 0.3) is 0 Å². The van der Waals surface area contributed by atoms with E-state index in [9.17, 15) is 14.4 Å². The number of allylic oxidation sites excluding steroid dienone is 3. The summed E-state index contributed by atoms with van der Waals surface area (Å²) in [5.74, 6) is 0.488. The number of ketones is 3. The Hall–Kier alpha value is -2.69. The number of hydrogen-bond donors (Lipinski definition) is 0. The molecule has 1 aliphatic heterocycles. The molecule has 0 amide bonds. The molecule has 0 saturated carbocycles. The van der Waals surface area contributed by atoms with E-state index in [1.54, 1.807) is 12.4 Å². The van der Waals surface area contributed by atoms with Crippen LogP contribution in [0.15, 0.2) is 46.7 Å². The van der Waals surface area contributed by atoms with Crippen LogP contribution in [-0.4, -0.2) is 28.0 Å².